The number of pyridine rings is 1. The third-order valence-electron chi connectivity index (χ3n) is 2.65. The predicted octanol–water partition coefficient (Wildman–Crippen LogP) is 4.47. The highest BCUT2D eigenvalue weighted by molar-refractivity contribution is 9.10. The summed E-state index contributed by atoms with van der Waals surface area (Å²) in [4.78, 5) is 4.37. The van der Waals surface area contributed by atoms with E-state index in [-0.39, 0.29) is 0 Å². The van der Waals surface area contributed by atoms with Gasteiger partial charge in [0.25, 0.3) is 0 Å². The molecule has 0 amide bonds. The van der Waals surface area contributed by atoms with Crippen molar-refractivity contribution in [2.24, 2.45) is 0 Å². The van der Waals surface area contributed by atoms with Gasteiger partial charge in [-0.25, -0.2) is 4.98 Å². The minimum Gasteiger partial charge on any atom is -0.473 e. The van der Waals surface area contributed by atoms with Crippen LogP contribution in [0.2, 0.25) is 0 Å². The number of hydrogen-bond donors (Lipinski definition) is 0. The molecular weight excluding hydrogens is 314 g/mol. The zero-order valence-corrected chi connectivity index (χ0v) is 12.3. The maximum Gasteiger partial charge on any atom is 0.213 e. The summed E-state index contributed by atoms with van der Waals surface area (Å²) in [5.74, 6) is 1.10. The number of aryl methyl sites for hydroxylation is 1. The Hall–Kier alpha value is -1.06. The van der Waals surface area contributed by atoms with Gasteiger partial charge in [-0.1, -0.05) is 40.2 Å². The molecule has 2 nitrogen and oxygen atoms in total. The third kappa shape index (κ3) is 3.24. The lowest BCUT2D eigenvalue weighted by atomic mass is 10.2. The Bertz CT molecular complexity index is 545. The fraction of sp³-hybridized carbons (Fsp3) is 0.214. The molecule has 0 aliphatic carbocycles. The van der Waals surface area contributed by atoms with E-state index in [1.807, 2.05) is 43.3 Å². The van der Waals surface area contributed by atoms with Gasteiger partial charge < -0.3 is 4.74 Å². The summed E-state index contributed by atoms with van der Waals surface area (Å²) in [6, 6.07) is 11.8. The topological polar surface area (TPSA) is 22.1 Å². The highest BCUT2D eigenvalue weighted by Crippen LogP contribution is 2.19. The van der Waals surface area contributed by atoms with Crippen LogP contribution in [-0.2, 0) is 12.5 Å². The normalized spacial score (nSPS) is 10.4. The summed E-state index contributed by atoms with van der Waals surface area (Å²) in [7, 11) is 0. The van der Waals surface area contributed by atoms with Gasteiger partial charge in [-0.15, -0.1) is 11.6 Å². The Balaban J connectivity index is 2.07. The number of rotatable bonds is 4. The van der Waals surface area contributed by atoms with E-state index in [9.17, 15) is 0 Å². The molecule has 4 heteroatoms. The van der Waals surface area contributed by atoms with Crippen LogP contribution in [0.4, 0.5) is 0 Å². The molecule has 0 aliphatic rings. The van der Waals surface area contributed by atoms with Gasteiger partial charge in [-0.2, -0.15) is 0 Å². The zero-order valence-electron chi connectivity index (χ0n) is 9.99. The number of halogens is 2. The average molecular weight is 327 g/mol. The van der Waals surface area contributed by atoms with Crippen molar-refractivity contribution >= 4 is 27.5 Å². The molecular formula is C14H13BrClNO. The van der Waals surface area contributed by atoms with Crippen molar-refractivity contribution in [3.8, 4) is 5.88 Å². The van der Waals surface area contributed by atoms with Gasteiger partial charge in [0.2, 0.25) is 5.88 Å². The number of benzene rings is 1. The smallest absolute Gasteiger partial charge is 0.213 e. The Kier molecular flexibility index (Phi) is 4.61. The second-order valence-electron chi connectivity index (χ2n) is 3.91. The Morgan fingerprint density at radius 1 is 1.17 bits per heavy atom. The fourth-order valence-corrected chi connectivity index (χ4v) is 2.24. The van der Waals surface area contributed by atoms with Crippen molar-refractivity contribution < 1.29 is 4.74 Å². The molecule has 94 valence electrons. The van der Waals surface area contributed by atoms with Gasteiger partial charge in [0.05, 0.1) is 0 Å². The lowest BCUT2D eigenvalue weighted by Crippen LogP contribution is -2.00. The van der Waals surface area contributed by atoms with Crippen LogP contribution in [0.1, 0.15) is 16.8 Å². The molecule has 0 saturated carbocycles. The molecule has 0 aliphatic heterocycles. The summed E-state index contributed by atoms with van der Waals surface area (Å²) >= 11 is 9.28. The standard InChI is InChI=1S/C14H13BrClNO/c1-10-11(8-16)6-7-14(17-10)18-9-12-4-2-3-5-13(12)15/h2-7H,8-9H2,1H3. The maximum atomic E-state index is 5.79. The Morgan fingerprint density at radius 3 is 2.61 bits per heavy atom. The highest BCUT2D eigenvalue weighted by atomic mass is 79.9. The SMILES string of the molecule is Cc1nc(OCc2ccccc2Br)ccc1CCl. The van der Waals surface area contributed by atoms with Crippen molar-refractivity contribution in [3.63, 3.8) is 0 Å². The predicted molar refractivity (Wildman–Crippen MR) is 77.0 cm³/mol. The summed E-state index contributed by atoms with van der Waals surface area (Å²) in [5, 5.41) is 0. The number of alkyl halides is 1. The first-order chi connectivity index (χ1) is 8.70. The molecule has 1 aromatic carbocycles. The first-order valence-corrected chi connectivity index (χ1v) is 6.92. The summed E-state index contributed by atoms with van der Waals surface area (Å²) in [5.41, 5.74) is 3.04. The van der Waals surface area contributed by atoms with Gasteiger partial charge in [0.15, 0.2) is 0 Å². The quantitative estimate of drug-likeness (QED) is 0.773. The number of hydrogen-bond acceptors (Lipinski definition) is 2. The minimum absolute atomic E-state index is 0.476. The average Bonchev–Trinajstić information content (AvgIpc) is 2.38. The van der Waals surface area contributed by atoms with Crippen LogP contribution < -0.4 is 4.74 Å². The Labute approximate surface area is 120 Å². The largest absolute Gasteiger partial charge is 0.473 e. The van der Waals surface area contributed by atoms with Gasteiger partial charge in [0, 0.05) is 27.7 Å². The molecule has 0 bridgehead atoms. The van der Waals surface area contributed by atoms with Crippen LogP contribution in [0.15, 0.2) is 40.9 Å². The number of ether oxygens (including phenoxy) is 1. The van der Waals surface area contributed by atoms with E-state index < -0.39 is 0 Å². The molecule has 1 heterocycles. The molecule has 18 heavy (non-hydrogen) atoms. The number of nitrogens with zero attached hydrogens (tertiary/aromatic N) is 1. The molecule has 0 spiro atoms. The van der Waals surface area contributed by atoms with Crippen LogP contribution in [0.3, 0.4) is 0 Å². The van der Waals surface area contributed by atoms with Crippen molar-refractivity contribution in [2.45, 2.75) is 19.4 Å². The van der Waals surface area contributed by atoms with Crippen LogP contribution in [0, 0.1) is 6.92 Å². The molecule has 0 N–H and O–H groups in total. The van der Waals surface area contributed by atoms with E-state index >= 15 is 0 Å². The molecule has 1 aromatic heterocycles. The van der Waals surface area contributed by atoms with Crippen LogP contribution in [-0.4, -0.2) is 4.98 Å². The molecule has 2 rings (SSSR count). The van der Waals surface area contributed by atoms with E-state index in [1.165, 1.54) is 0 Å². The molecule has 0 unspecified atom stereocenters. The van der Waals surface area contributed by atoms with E-state index in [0.717, 1.165) is 21.3 Å². The molecule has 0 radical (unpaired) electrons. The molecule has 0 saturated heterocycles. The monoisotopic (exact) mass is 325 g/mol. The van der Waals surface area contributed by atoms with E-state index in [4.69, 9.17) is 16.3 Å². The van der Waals surface area contributed by atoms with Crippen molar-refractivity contribution in [2.75, 3.05) is 0 Å². The van der Waals surface area contributed by atoms with Gasteiger partial charge >= 0.3 is 0 Å². The first-order valence-electron chi connectivity index (χ1n) is 5.59. The lowest BCUT2D eigenvalue weighted by Gasteiger charge is -2.09. The number of aromatic nitrogens is 1. The summed E-state index contributed by atoms with van der Waals surface area (Å²) in [6.45, 7) is 2.43. The zero-order chi connectivity index (χ0) is 13.0. The van der Waals surface area contributed by atoms with E-state index in [1.54, 1.807) is 0 Å². The first kappa shape index (κ1) is 13.4. The van der Waals surface area contributed by atoms with Crippen LogP contribution in [0.25, 0.3) is 0 Å². The fourth-order valence-electron chi connectivity index (χ4n) is 1.56. The maximum absolute atomic E-state index is 5.79. The second kappa shape index (κ2) is 6.21. The van der Waals surface area contributed by atoms with Crippen molar-refractivity contribution in [1.82, 2.24) is 4.98 Å². The van der Waals surface area contributed by atoms with Gasteiger partial charge in [-0.05, 0) is 18.6 Å². The second-order valence-corrected chi connectivity index (χ2v) is 5.03. The third-order valence-corrected chi connectivity index (χ3v) is 3.71. The van der Waals surface area contributed by atoms with Crippen molar-refractivity contribution in [3.05, 3.63) is 57.7 Å². The molecule has 2 aromatic rings. The summed E-state index contributed by atoms with van der Waals surface area (Å²) in [6.07, 6.45) is 0. The van der Waals surface area contributed by atoms with Crippen LogP contribution >= 0.6 is 27.5 Å². The van der Waals surface area contributed by atoms with E-state index in [0.29, 0.717) is 18.4 Å². The minimum atomic E-state index is 0.476. The van der Waals surface area contributed by atoms with Crippen LogP contribution in [0.5, 0.6) is 5.88 Å². The van der Waals surface area contributed by atoms with Crippen molar-refractivity contribution in [1.29, 1.82) is 0 Å². The van der Waals surface area contributed by atoms with Gasteiger partial charge in [-0.3, -0.25) is 0 Å². The van der Waals surface area contributed by atoms with Gasteiger partial charge in [0.1, 0.15) is 6.61 Å². The summed E-state index contributed by atoms with van der Waals surface area (Å²) < 4.78 is 6.71. The Morgan fingerprint density at radius 2 is 1.94 bits per heavy atom. The lowest BCUT2D eigenvalue weighted by molar-refractivity contribution is 0.292. The highest BCUT2D eigenvalue weighted by Gasteiger charge is 2.03. The van der Waals surface area contributed by atoms with E-state index in [2.05, 4.69) is 20.9 Å². The molecule has 0 fully saturated rings. The molecule has 0 atom stereocenters.